The summed E-state index contributed by atoms with van der Waals surface area (Å²) in [4.78, 5) is 6.60. The van der Waals surface area contributed by atoms with Crippen LogP contribution in [0.2, 0.25) is 0 Å². The summed E-state index contributed by atoms with van der Waals surface area (Å²) < 4.78 is 0. The molecule has 1 unspecified atom stereocenters. The third-order valence-corrected chi connectivity index (χ3v) is 4.69. The van der Waals surface area contributed by atoms with Crippen molar-refractivity contribution in [2.24, 2.45) is 0 Å². The predicted octanol–water partition coefficient (Wildman–Crippen LogP) is 2.21. The Bertz CT molecular complexity index is 893. The van der Waals surface area contributed by atoms with E-state index in [0.29, 0.717) is 29.3 Å². The van der Waals surface area contributed by atoms with Crippen molar-refractivity contribution in [3.8, 4) is 28.1 Å². The Morgan fingerprint density at radius 3 is 2.78 bits per heavy atom. The van der Waals surface area contributed by atoms with Gasteiger partial charge in [-0.3, -0.25) is 5.10 Å². The van der Waals surface area contributed by atoms with Gasteiger partial charge in [-0.25, -0.2) is 4.98 Å². The first-order valence-corrected chi connectivity index (χ1v) is 9.13. The summed E-state index contributed by atoms with van der Waals surface area (Å²) >= 11 is 0. The van der Waals surface area contributed by atoms with Gasteiger partial charge in [-0.05, 0) is 24.1 Å². The molecule has 1 atom stereocenters. The summed E-state index contributed by atoms with van der Waals surface area (Å²) in [5.74, 6) is 0.765. The highest BCUT2D eigenvalue weighted by atomic mass is 16.3. The molecule has 3 heterocycles. The largest absolute Gasteiger partial charge is 0.507 e. The third kappa shape index (κ3) is 3.75. The molecule has 27 heavy (non-hydrogen) atoms. The lowest BCUT2D eigenvalue weighted by Gasteiger charge is -2.18. The Labute approximate surface area is 157 Å². The Morgan fingerprint density at radius 1 is 1.22 bits per heavy atom. The van der Waals surface area contributed by atoms with Gasteiger partial charge in [-0.15, -0.1) is 10.2 Å². The molecule has 1 aliphatic heterocycles. The van der Waals surface area contributed by atoms with Crippen molar-refractivity contribution >= 4 is 5.95 Å². The molecule has 0 spiro atoms. The fraction of sp³-hybridized carbons (Fsp3) is 0.368. The minimum atomic E-state index is 0.139. The van der Waals surface area contributed by atoms with Gasteiger partial charge in [0.1, 0.15) is 11.4 Å². The van der Waals surface area contributed by atoms with Crippen LogP contribution in [0.1, 0.15) is 20.3 Å². The zero-order chi connectivity index (χ0) is 18.8. The number of hydrogen-bond acceptors (Lipinski definition) is 7. The number of aromatic amines is 1. The van der Waals surface area contributed by atoms with Crippen molar-refractivity contribution in [3.63, 3.8) is 0 Å². The van der Waals surface area contributed by atoms with Crippen LogP contribution in [0.4, 0.5) is 5.95 Å². The zero-order valence-corrected chi connectivity index (χ0v) is 15.4. The second-order valence-electron chi connectivity index (χ2n) is 7.12. The maximum Gasteiger partial charge on any atom is 0.245 e. The van der Waals surface area contributed by atoms with E-state index in [1.807, 2.05) is 12.1 Å². The standard InChI is InChI=1S/C19H23N7O/c1-12(2)23-15-5-6-26(11-15)19-20-10-17(24-25-19)16-4-3-13(7-18(16)27)14-8-21-22-9-14/h3-4,7-10,12,15,23,27H,5-6,11H2,1-2H3,(H,21,22). The maximum atomic E-state index is 10.4. The molecule has 1 fully saturated rings. The highest BCUT2D eigenvalue weighted by Gasteiger charge is 2.25. The molecule has 1 saturated heterocycles. The van der Waals surface area contributed by atoms with E-state index in [4.69, 9.17) is 0 Å². The van der Waals surface area contributed by atoms with Gasteiger partial charge in [0, 0.05) is 42.5 Å². The number of nitrogens with zero attached hydrogens (tertiary/aromatic N) is 5. The van der Waals surface area contributed by atoms with Crippen molar-refractivity contribution < 1.29 is 5.11 Å². The van der Waals surface area contributed by atoms with Crippen molar-refractivity contribution in [2.75, 3.05) is 18.0 Å². The number of benzene rings is 1. The number of rotatable bonds is 5. The monoisotopic (exact) mass is 365 g/mol. The Hall–Kier alpha value is -3.00. The number of anilines is 1. The average molecular weight is 365 g/mol. The van der Waals surface area contributed by atoms with Crippen molar-refractivity contribution in [3.05, 3.63) is 36.8 Å². The predicted molar refractivity (Wildman–Crippen MR) is 103 cm³/mol. The van der Waals surface area contributed by atoms with E-state index in [9.17, 15) is 5.11 Å². The summed E-state index contributed by atoms with van der Waals surface area (Å²) in [7, 11) is 0. The molecule has 3 N–H and O–H groups in total. The highest BCUT2D eigenvalue weighted by Crippen LogP contribution is 2.32. The van der Waals surface area contributed by atoms with Crippen LogP contribution in [0.5, 0.6) is 5.75 Å². The number of phenols is 1. The molecule has 0 aliphatic carbocycles. The van der Waals surface area contributed by atoms with E-state index >= 15 is 0 Å². The number of nitrogens with one attached hydrogen (secondary N) is 2. The molecule has 8 heteroatoms. The van der Waals surface area contributed by atoms with Gasteiger partial charge < -0.3 is 15.3 Å². The molecule has 0 amide bonds. The van der Waals surface area contributed by atoms with Gasteiger partial charge in [0.2, 0.25) is 5.95 Å². The van der Waals surface area contributed by atoms with Crippen LogP contribution in [-0.2, 0) is 0 Å². The molecule has 0 bridgehead atoms. The minimum Gasteiger partial charge on any atom is -0.507 e. The van der Waals surface area contributed by atoms with E-state index in [-0.39, 0.29) is 5.75 Å². The van der Waals surface area contributed by atoms with Crippen LogP contribution in [-0.4, -0.2) is 55.7 Å². The van der Waals surface area contributed by atoms with E-state index in [0.717, 1.165) is 30.6 Å². The molecule has 2 aromatic heterocycles. The van der Waals surface area contributed by atoms with Gasteiger partial charge in [0.05, 0.1) is 12.4 Å². The second-order valence-corrected chi connectivity index (χ2v) is 7.12. The molecule has 4 rings (SSSR count). The van der Waals surface area contributed by atoms with Gasteiger partial charge in [-0.2, -0.15) is 5.10 Å². The number of aromatic hydroxyl groups is 1. The van der Waals surface area contributed by atoms with Crippen LogP contribution >= 0.6 is 0 Å². The van der Waals surface area contributed by atoms with Gasteiger partial charge in [-0.1, -0.05) is 19.9 Å². The average Bonchev–Trinajstić information content (AvgIpc) is 3.33. The van der Waals surface area contributed by atoms with E-state index < -0.39 is 0 Å². The lowest BCUT2D eigenvalue weighted by Crippen LogP contribution is -2.37. The molecule has 0 radical (unpaired) electrons. The fourth-order valence-electron chi connectivity index (χ4n) is 3.42. The van der Waals surface area contributed by atoms with Crippen molar-refractivity contribution in [2.45, 2.75) is 32.4 Å². The van der Waals surface area contributed by atoms with Crippen molar-refractivity contribution in [1.29, 1.82) is 0 Å². The van der Waals surface area contributed by atoms with Gasteiger partial charge >= 0.3 is 0 Å². The van der Waals surface area contributed by atoms with E-state index in [1.165, 1.54) is 0 Å². The van der Waals surface area contributed by atoms with Crippen LogP contribution in [0.15, 0.2) is 36.8 Å². The molecule has 1 aliphatic rings. The first-order valence-electron chi connectivity index (χ1n) is 9.13. The molecular formula is C19H23N7O. The first kappa shape index (κ1) is 17.4. The summed E-state index contributed by atoms with van der Waals surface area (Å²) in [6, 6.07) is 6.34. The van der Waals surface area contributed by atoms with E-state index in [1.54, 1.807) is 24.7 Å². The number of hydrogen-bond donors (Lipinski definition) is 3. The van der Waals surface area contributed by atoms with Gasteiger partial charge in [0.15, 0.2) is 0 Å². The minimum absolute atomic E-state index is 0.139. The van der Waals surface area contributed by atoms with Crippen LogP contribution < -0.4 is 10.2 Å². The topological polar surface area (TPSA) is 103 Å². The highest BCUT2D eigenvalue weighted by molar-refractivity contribution is 5.73. The van der Waals surface area contributed by atoms with Crippen LogP contribution in [0.25, 0.3) is 22.4 Å². The number of phenolic OH excluding ortho intramolecular Hbond substituents is 1. The number of H-pyrrole nitrogens is 1. The summed E-state index contributed by atoms with van der Waals surface area (Å²) in [6.45, 7) is 6.10. The third-order valence-electron chi connectivity index (χ3n) is 4.69. The Kier molecular flexibility index (Phi) is 4.72. The number of aromatic nitrogens is 5. The summed E-state index contributed by atoms with van der Waals surface area (Å²) in [6.07, 6.45) is 6.22. The molecule has 1 aromatic carbocycles. The Balaban J connectivity index is 1.49. The van der Waals surface area contributed by atoms with Crippen LogP contribution in [0.3, 0.4) is 0 Å². The van der Waals surface area contributed by atoms with E-state index in [2.05, 4.69) is 49.4 Å². The quantitative estimate of drug-likeness (QED) is 0.637. The van der Waals surface area contributed by atoms with Crippen LogP contribution in [0, 0.1) is 0 Å². The normalized spacial score (nSPS) is 17.0. The lowest BCUT2D eigenvalue weighted by atomic mass is 10.0. The fourth-order valence-corrected chi connectivity index (χ4v) is 3.42. The first-order chi connectivity index (χ1) is 13.1. The van der Waals surface area contributed by atoms with Crippen molar-refractivity contribution in [1.82, 2.24) is 30.7 Å². The zero-order valence-electron chi connectivity index (χ0n) is 15.4. The summed E-state index contributed by atoms with van der Waals surface area (Å²) in [5, 5.41) is 29.2. The second kappa shape index (κ2) is 7.32. The smallest absolute Gasteiger partial charge is 0.245 e. The molecule has 0 saturated carbocycles. The molecule has 3 aromatic rings. The molecule has 140 valence electrons. The Morgan fingerprint density at radius 2 is 2.11 bits per heavy atom. The summed E-state index contributed by atoms with van der Waals surface area (Å²) in [5.41, 5.74) is 2.94. The lowest BCUT2D eigenvalue weighted by molar-refractivity contribution is 0.477. The van der Waals surface area contributed by atoms with Gasteiger partial charge in [0.25, 0.3) is 0 Å². The maximum absolute atomic E-state index is 10.4. The molecule has 8 nitrogen and oxygen atoms in total. The molecular weight excluding hydrogens is 342 g/mol. The SMILES string of the molecule is CC(C)NC1CCN(c2ncc(-c3ccc(-c4cn[nH]c4)cc3O)nn2)C1.